The molecule has 2 nitrogen and oxygen atoms in total. The van der Waals surface area contributed by atoms with E-state index in [1.807, 2.05) is 0 Å². The van der Waals surface area contributed by atoms with Crippen LogP contribution >= 0.6 is 12.6 Å². The number of thiol groups is 1. The number of hydrogen-bond acceptors (Lipinski definition) is 3. The van der Waals surface area contributed by atoms with Crippen LogP contribution in [-0.2, 0) is 0 Å². The zero-order valence-electron chi connectivity index (χ0n) is 6.85. The molecule has 1 atom stereocenters. The van der Waals surface area contributed by atoms with E-state index in [1.54, 1.807) is 0 Å². The summed E-state index contributed by atoms with van der Waals surface area (Å²) in [5, 5.41) is 6.80. The maximum absolute atomic E-state index is 4.10. The Morgan fingerprint density at radius 2 is 1.73 bits per heavy atom. The molecular formula is C8H22N2S. The second-order valence-electron chi connectivity index (χ2n) is 2.43. The van der Waals surface area contributed by atoms with Crippen LogP contribution in [0.3, 0.4) is 0 Å². The van der Waals surface area contributed by atoms with E-state index >= 15 is 0 Å². The molecule has 70 valence electrons. The third-order valence-corrected chi connectivity index (χ3v) is 1.68. The molecule has 1 saturated heterocycles. The molecule has 0 amide bonds. The summed E-state index contributed by atoms with van der Waals surface area (Å²) in [6.45, 7) is 7.49. The molecule has 0 aliphatic carbocycles. The van der Waals surface area contributed by atoms with Crippen LogP contribution < -0.4 is 10.6 Å². The first-order valence-corrected chi connectivity index (χ1v) is 4.38. The van der Waals surface area contributed by atoms with Crippen molar-refractivity contribution in [2.24, 2.45) is 0 Å². The van der Waals surface area contributed by atoms with Crippen LogP contribution in [0.15, 0.2) is 0 Å². The molecule has 1 fully saturated rings. The lowest BCUT2D eigenvalue weighted by Gasteiger charge is -1.89. The van der Waals surface area contributed by atoms with E-state index in [9.17, 15) is 0 Å². The molecule has 0 spiro atoms. The third-order valence-electron chi connectivity index (χ3n) is 1.32. The van der Waals surface area contributed by atoms with Gasteiger partial charge in [0.1, 0.15) is 0 Å². The Labute approximate surface area is 76.6 Å². The monoisotopic (exact) mass is 178 g/mol. The largest absolute Gasteiger partial charge is 0.303 e. The van der Waals surface area contributed by atoms with Crippen LogP contribution in [0.2, 0.25) is 0 Å². The topological polar surface area (TPSA) is 24.1 Å². The van der Waals surface area contributed by atoms with Crippen molar-refractivity contribution >= 4 is 12.6 Å². The number of hydrogen-bond donors (Lipinski definition) is 3. The van der Waals surface area contributed by atoms with Gasteiger partial charge in [-0.25, -0.2) is 0 Å². The predicted molar refractivity (Wildman–Crippen MR) is 56.3 cm³/mol. The van der Waals surface area contributed by atoms with Crippen LogP contribution in [-0.4, -0.2) is 25.0 Å². The van der Waals surface area contributed by atoms with Gasteiger partial charge in [-0.15, -0.1) is 0 Å². The number of rotatable bonds is 1. The average Bonchev–Trinajstić information content (AvgIpc) is 2.43. The van der Waals surface area contributed by atoms with E-state index in [-0.39, 0.29) is 7.43 Å². The van der Waals surface area contributed by atoms with Crippen molar-refractivity contribution in [1.29, 1.82) is 0 Å². The van der Waals surface area contributed by atoms with Crippen molar-refractivity contribution in [1.82, 2.24) is 10.6 Å². The van der Waals surface area contributed by atoms with E-state index in [0.717, 1.165) is 19.8 Å². The van der Waals surface area contributed by atoms with Gasteiger partial charge >= 0.3 is 0 Å². The van der Waals surface area contributed by atoms with Crippen molar-refractivity contribution in [2.45, 2.75) is 32.9 Å². The normalized spacial score (nSPS) is 17.7. The summed E-state index contributed by atoms with van der Waals surface area (Å²) in [5.74, 6) is 0. The predicted octanol–water partition coefficient (Wildman–Crippen LogP) is 1.49. The van der Waals surface area contributed by atoms with E-state index in [1.165, 1.54) is 6.42 Å². The van der Waals surface area contributed by atoms with Gasteiger partial charge in [-0.2, -0.15) is 12.6 Å². The Balaban J connectivity index is 0. The van der Waals surface area contributed by atoms with Gasteiger partial charge in [-0.05, 0) is 11.7 Å². The van der Waals surface area contributed by atoms with Crippen LogP contribution in [0.4, 0.5) is 0 Å². The fourth-order valence-electron chi connectivity index (χ4n) is 0.442. The Kier molecular flexibility index (Phi) is 12.9. The van der Waals surface area contributed by atoms with E-state index in [2.05, 4.69) is 37.1 Å². The Morgan fingerprint density at radius 1 is 1.36 bits per heavy atom. The van der Waals surface area contributed by atoms with Crippen LogP contribution in [0.25, 0.3) is 0 Å². The van der Waals surface area contributed by atoms with Gasteiger partial charge in [0, 0.05) is 19.8 Å². The second kappa shape index (κ2) is 10.3. The first kappa shape index (κ1) is 13.8. The van der Waals surface area contributed by atoms with Crippen LogP contribution in [0, 0.1) is 0 Å². The fourth-order valence-corrected chi connectivity index (χ4v) is 0.442. The average molecular weight is 178 g/mol. The lowest BCUT2D eigenvalue weighted by atomic mass is 10.4. The summed E-state index contributed by atoms with van der Waals surface area (Å²) in [4.78, 5) is 0. The van der Waals surface area contributed by atoms with Crippen molar-refractivity contribution in [3.05, 3.63) is 0 Å². The SMILES string of the molecule is C.C1CNCN1.CCC(C)S. The van der Waals surface area contributed by atoms with Gasteiger partial charge in [0.25, 0.3) is 0 Å². The quantitative estimate of drug-likeness (QED) is 0.530. The van der Waals surface area contributed by atoms with Crippen molar-refractivity contribution in [3.63, 3.8) is 0 Å². The van der Waals surface area contributed by atoms with Gasteiger partial charge in [0.05, 0.1) is 0 Å². The zero-order chi connectivity index (χ0) is 7.82. The Hall–Kier alpha value is 0.270. The standard InChI is InChI=1S/C4H10S.C3H8N2.CH4/c1-3-4(2)5;1-2-5-3-4-1;/h4-5H,3H2,1-2H3;4-5H,1-3H2;1H4. The minimum Gasteiger partial charge on any atom is -0.303 e. The number of nitrogens with one attached hydrogen (secondary N) is 2. The van der Waals surface area contributed by atoms with E-state index in [4.69, 9.17) is 0 Å². The highest BCUT2D eigenvalue weighted by Gasteiger charge is 1.90. The highest BCUT2D eigenvalue weighted by atomic mass is 32.1. The summed E-state index contributed by atoms with van der Waals surface area (Å²) in [6.07, 6.45) is 1.17. The summed E-state index contributed by atoms with van der Waals surface area (Å²) < 4.78 is 0. The molecule has 0 saturated carbocycles. The second-order valence-corrected chi connectivity index (χ2v) is 3.32. The summed E-state index contributed by atoms with van der Waals surface area (Å²) in [5.41, 5.74) is 0. The van der Waals surface area contributed by atoms with Crippen molar-refractivity contribution in [3.8, 4) is 0 Å². The minimum absolute atomic E-state index is 0. The van der Waals surface area contributed by atoms with Crippen LogP contribution in [0.1, 0.15) is 27.7 Å². The molecule has 0 aromatic carbocycles. The molecule has 1 aliphatic heterocycles. The molecule has 1 unspecified atom stereocenters. The molecule has 0 radical (unpaired) electrons. The Morgan fingerprint density at radius 3 is 1.82 bits per heavy atom. The summed E-state index contributed by atoms with van der Waals surface area (Å²) in [7, 11) is 0. The molecule has 1 heterocycles. The molecule has 2 N–H and O–H groups in total. The van der Waals surface area contributed by atoms with E-state index < -0.39 is 0 Å². The van der Waals surface area contributed by atoms with Gasteiger partial charge in [-0.1, -0.05) is 21.3 Å². The van der Waals surface area contributed by atoms with Gasteiger partial charge in [0.15, 0.2) is 0 Å². The minimum atomic E-state index is 0. The highest BCUT2D eigenvalue weighted by molar-refractivity contribution is 7.80. The van der Waals surface area contributed by atoms with Crippen molar-refractivity contribution < 1.29 is 0 Å². The molecule has 0 aromatic rings. The lowest BCUT2D eigenvalue weighted by Crippen LogP contribution is -2.11. The molecular weight excluding hydrogens is 156 g/mol. The molecule has 0 aromatic heterocycles. The van der Waals surface area contributed by atoms with E-state index in [0.29, 0.717) is 5.25 Å². The molecule has 1 rings (SSSR count). The molecule has 0 bridgehead atoms. The molecule has 1 aliphatic rings. The van der Waals surface area contributed by atoms with Gasteiger partial charge in [-0.3, -0.25) is 0 Å². The molecule has 11 heavy (non-hydrogen) atoms. The lowest BCUT2D eigenvalue weighted by molar-refractivity contribution is 0.807. The molecule has 3 heteroatoms. The smallest absolute Gasteiger partial charge is 0.0455 e. The third kappa shape index (κ3) is 13.3. The van der Waals surface area contributed by atoms with Crippen molar-refractivity contribution in [2.75, 3.05) is 19.8 Å². The summed E-state index contributed by atoms with van der Waals surface area (Å²) >= 11 is 4.10. The first-order valence-electron chi connectivity index (χ1n) is 3.87. The maximum Gasteiger partial charge on any atom is 0.0455 e. The highest BCUT2D eigenvalue weighted by Crippen LogP contribution is 1.94. The fraction of sp³-hybridized carbons (Fsp3) is 1.00. The first-order chi connectivity index (χ1) is 4.77. The van der Waals surface area contributed by atoms with Gasteiger partial charge < -0.3 is 10.6 Å². The van der Waals surface area contributed by atoms with Crippen LogP contribution in [0.5, 0.6) is 0 Å². The maximum atomic E-state index is 4.10. The summed E-state index contributed by atoms with van der Waals surface area (Å²) in [6, 6.07) is 0. The van der Waals surface area contributed by atoms with Gasteiger partial charge in [0.2, 0.25) is 0 Å². The zero-order valence-corrected chi connectivity index (χ0v) is 7.75. The Bertz CT molecular complexity index is 55.5.